The molecule has 1 aliphatic heterocycles. The molecule has 0 fully saturated rings. The molecule has 0 aromatic heterocycles. The van der Waals surface area contributed by atoms with E-state index >= 15 is 0 Å². The highest BCUT2D eigenvalue weighted by Gasteiger charge is 2.28. The fraction of sp³-hybridized carbons (Fsp3) is 0.364. The van der Waals surface area contributed by atoms with E-state index in [0.29, 0.717) is 17.1 Å². The van der Waals surface area contributed by atoms with E-state index in [1.54, 1.807) is 25.1 Å². The maximum absolute atomic E-state index is 12.2. The standard InChI is InChI=1S/C11H10B3NO3/c1-11(14,15-5-12)9(16)6-2-3-7-8(4-6)18-10(13)17-7/h2-4,10,15H,5H2,1H3. The van der Waals surface area contributed by atoms with Crippen LogP contribution in [0, 0.1) is 0 Å². The van der Waals surface area contributed by atoms with Crippen molar-refractivity contribution in [3.05, 3.63) is 23.8 Å². The highest BCUT2D eigenvalue weighted by atomic mass is 16.7. The van der Waals surface area contributed by atoms with Gasteiger partial charge in [0.15, 0.2) is 31.3 Å². The molecule has 0 aliphatic carbocycles. The summed E-state index contributed by atoms with van der Waals surface area (Å²) in [7, 11) is 16.6. The molecule has 2 atom stereocenters. The van der Waals surface area contributed by atoms with E-state index in [1.165, 1.54) is 0 Å². The molecule has 4 nitrogen and oxygen atoms in total. The summed E-state index contributed by atoms with van der Waals surface area (Å²) >= 11 is 0. The Hall–Kier alpha value is -1.36. The summed E-state index contributed by atoms with van der Waals surface area (Å²) in [5.74, 6) is 0.640. The lowest BCUT2D eigenvalue weighted by Crippen LogP contribution is -2.50. The normalized spacial score (nSPS) is 20.4. The second-order valence-electron chi connectivity index (χ2n) is 4.18. The van der Waals surface area contributed by atoms with E-state index < -0.39 is 11.6 Å². The topological polar surface area (TPSA) is 47.6 Å². The van der Waals surface area contributed by atoms with Gasteiger partial charge in [-0.3, -0.25) is 4.79 Å². The van der Waals surface area contributed by atoms with Crippen molar-refractivity contribution in [1.29, 1.82) is 0 Å². The number of fused-ring (bicyclic) bond motifs is 1. The fourth-order valence-electron chi connectivity index (χ4n) is 1.71. The van der Waals surface area contributed by atoms with Crippen LogP contribution in [0.1, 0.15) is 17.3 Å². The predicted octanol–water partition coefficient (Wildman–Crippen LogP) is -0.307. The predicted molar refractivity (Wildman–Crippen MR) is 69.5 cm³/mol. The smallest absolute Gasteiger partial charge is 0.189 e. The number of rotatable bonds is 4. The number of nitrogens with one attached hydrogen (secondary N) is 1. The molecule has 0 saturated carbocycles. The number of ketones is 1. The summed E-state index contributed by atoms with van der Waals surface area (Å²) in [6, 6.07) is 4.77. The van der Waals surface area contributed by atoms with Crippen molar-refractivity contribution in [3.8, 4) is 11.5 Å². The maximum atomic E-state index is 12.2. The van der Waals surface area contributed by atoms with Crippen LogP contribution in [0.25, 0.3) is 0 Å². The van der Waals surface area contributed by atoms with Crippen molar-refractivity contribution in [2.24, 2.45) is 0 Å². The molecule has 1 N–H and O–H groups in total. The molecule has 0 spiro atoms. The Labute approximate surface area is 110 Å². The minimum absolute atomic E-state index is 0.105. The van der Waals surface area contributed by atoms with Crippen LogP contribution in [0.4, 0.5) is 0 Å². The number of Topliss-reactive ketones (excluding diaryl/α,β-unsaturated/α-hetero) is 1. The van der Waals surface area contributed by atoms with Crippen molar-refractivity contribution in [3.63, 3.8) is 0 Å². The van der Waals surface area contributed by atoms with E-state index in [4.69, 9.17) is 33.0 Å². The zero-order valence-electron chi connectivity index (χ0n) is 9.97. The van der Waals surface area contributed by atoms with Gasteiger partial charge >= 0.3 is 0 Å². The average molecular weight is 237 g/mol. The Morgan fingerprint density at radius 3 is 2.78 bits per heavy atom. The molecule has 2 rings (SSSR count). The lowest BCUT2D eigenvalue weighted by molar-refractivity contribution is 0.0930. The van der Waals surface area contributed by atoms with Gasteiger partial charge in [-0.25, -0.2) is 0 Å². The van der Waals surface area contributed by atoms with Crippen molar-refractivity contribution in [2.45, 2.75) is 18.6 Å². The van der Waals surface area contributed by atoms with E-state index in [2.05, 4.69) is 5.32 Å². The minimum atomic E-state index is -1.23. The molecule has 2 unspecified atom stereocenters. The van der Waals surface area contributed by atoms with Gasteiger partial charge < -0.3 is 14.8 Å². The monoisotopic (exact) mass is 237 g/mol. The van der Waals surface area contributed by atoms with Gasteiger partial charge in [0.2, 0.25) is 0 Å². The van der Waals surface area contributed by atoms with E-state index in [9.17, 15) is 4.79 Å². The van der Waals surface area contributed by atoms with Gasteiger partial charge in [0.25, 0.3) is 0 Å². The molecule has 0 saturated heterocycles. The number of carbonyl (C=O) groups excluding carboxylic acids is 1. The largest absolute Gasteiger partial charge is 0.461 e. The number of benzene rings is 1. The Bertz CT molecular complexity index is 479. The number of hydrogen-bond acceptors (Lipinski definition) is 4. The molecular weight excluding hydrogens is 227 g/mol. The minimum Gasteiger partial charge on any atom is -0.461 e. The van der Waals surface area contributed by atoms with Crippen molar-refractivity contribution < 1.29 is 14.3 Å². The SMILES string of the molecule is [B]CNC([B])(C)C(=O)c1ccc2c(c1)OC([B])O2. The summed E-state index contributed by atoms with van der Waals surface area (Å²) in [6.45, 7) is 1.55. The lowest BCUT2D eigenvalue weighted by Gasteiger charge is -2.25. The van der Waals surface area contributed by atoms with Gasteiger partial charge in [0, 0.05) is 11.0 Å². The summed E-state index contributed by atoms with van der Waals surface area (Å²) < 4.78 is 10.3. The third-order valence-electron chi connectivity index (χ3n) is 2.63. The van der Waals surface area contributed by atoms with Crippen molar-refractivity contribution in [2.75, 3.05) is 6.44 Å². The Morgan fingerprint density at radius 2 is 2.11 bits per heavy atom. The maximum Gasteiger partial charge on any atom is 0.189 e. The first-order valence-corrected chi connectivity index (χ1v) is 5.46. The molecule has 6 radical (unpaired) electrons. The fourth-order valence-corrected chi connectivity index (χ4v) is 1.71. The zero-order chi connectivity index (χ0) is 13.3. The number of ether oxygens (including phenoxy) is 2. The number of carbonyl (C=O) groups is 1. The van der Waals surface area contributed by atoms with Crippen LogP contribution in [-0.4, -0.2) is 47.4 Å². The first-order valence-electron chi connectivity index (χ1n) is 5.46. The van der Waals surface area contributed by atoms with Crippen LogP contribution in [0.2, 0.25) is 0 Å². The summed E-state index contributed by atoms with van der Waals surface area (Å²) in [4.78, 5) is 12.2. The molecule has 18 heavy (non-hydrogen) atoms. The Kier molecular flexibility index (Phi) is 3.44. The summed E-state index contributed by atoms with van der Waals surface area (Å²) in [5, 5.41) is 2.71. The van der Waals surface area contributed by atoms with Gasteiger partial charge in [-0.1, -0.05) is 0 Å². The number of hydrogen-bond donors (Lipinski definition) is 1. The molecule has 7 heteroatoms. The highest BCUT2D eigenvalue weighted by Crippen LogP contribution is 2.35. The van der Waals surface area contributed by atoms with Crippen LogP contribution >= 0.6 is 0 Å². The molecule has 0 amide bonds. The summed E-state index contributed by atoms with van der Waals surface area (Å²) in [5.41, 5.74) is -0.831. The van der Waals surface area contributed by atoms with Gasteiger partial charge in [-0.2, -0.15) is 0 Å². The van der Waals surface area contributed by atoms with Gasteiger partial charge in [-0.15, -0.1) is 0 Å². The van der Waals surface area contributed by atoms with Gasteiger partial charge in [0.1, 0.15) is 7.85 Å². The van der Waals surface area contributed by atoms with E-state index in [0.717, 1.165) is 0 Å². The molecule has 0 bridgehead atoms. The third-order valence-corrected chi connectivity index (χ3v) is 2.63. The molecule has 1 aliphatic rings. The first kappa shape index (κ1) is 13.1. The van der Waals surface area contributed by atoms with Gasteiger partial charge in [-0.05, 0) is 31.6 Å². The Balaban J connectivity index is 2.25. The molecule has 1 aromatic carbocycles. The molecular formula is C11H10B3NO3. The van der Waals surface area contributed by atoms with E-state index in [1.807, 2.05) is 0 Å². The second-order valence-corrected chi connectivity index (χ2v) is 4.18. The summed E-state index contributed by atoms with van der Waals surface area (Å²) in [6.07, 6.45) is -0.731. The Morgan fingerprint density at radius 1 is 1.44 bits per heavy atom. The highest BCUT2D eigenvalue weighted by molar-refractivity contribution is 6.32. The van der Waals surface area contributed by atoms with Crippen molar-refractivity contribution in [1.82, 2.24) is 5.32 Å². The van der Waals surface area contributed by atoms with Gasteiger partial charge in [0.05, 0.1) is 7.85 Å². The molecule has 1 heterocycles. The third kappa shape index (κ3) is 2.41. The second kappa shape index (κ2) is 4.73. The van der Waals surface area contributed by atoms with Crippen LogP contribution < -0.4 is 14.8 Å². The molecule has 86 valence electrons. The van der Waals surface area contributed by atoms with Crippen LogP contribution in [-0.2, 0) is 0 Å². The molecule has 1 aromatic rings. The quantitative estimate of drug-likeness (QED) is 0.576. The van der Waals surface area contributed by atoms with E-state index in [-0.39, 0.29) is 12.2 Å². The van der Waals surface area contributed by atoms with Crippen LogP contribution in [0.3, 0.4) is 0 Å². The first-order chi connectivity index (χ1) is 8.44. The average Bonchev–Trinajstić information content (AvgIpc) is 2.66. The lowest BCUT2D eigenvalue weighted by atomic mass is 9.73. The van der Waals surface area contributed by atoms with Crippen molar-refractivity contribution >= 4 is 29.3 Å². The zero-order valence-corrected chi connectivity index (χ0v) is 9.97. The van der Waals surface area contributed by atoms with Crippen LogP contribution in [0.5, 0.6) is 11.5 Å². The van der Waals surface area contributed by atoms with Crippen LogP contribution in [0.15, 0.2) is 18.2 Å².